The van der Waals surface area contributed by atoms with Gasteiger partial charge in [0.25, 0.3) is 5.91 Å². The Balaban J connectivity index is 2.05. The summed E-state index contributed by atoms with van der Waals surface area (Å²) in [7, 11) is 0. The average molecular weight is 323 g/mol. The number of amides is 1. The van der Waals surface area contributed by atoms with Gasteiger partial charge in [0.15, 0.2) is 0 Å². The van der Waals surface area contributed by atoms with Crippen LogP contribution in [-0.2, 0) is 9.53 Å². The van der Waals surface area contributed by atoms with Crippen molar-refractivity contribution in [3.63, 3.8) is 0 Å². The van der Waals surface area contributed by atoms with Crippen molar-refractivity contribution in [1.82, 2.24) is 4.90 Å². The van der Waals surface area contributed by atoms with Gasteiger partial charge in [0.05, 0.1) is 11.5 Å². The van der Waals surface area contributed by atoms with Gasteiger partial charge in [0, 0.05) is 13.1 Å². The molecule has 0 aliphatic carbocycles. The van der Waals surface area contributed by atoms with Crippen molar-refractivity contribution in [2.24, 2.45) is 5.73 Å². The molecule has 1 fully saturated rings. The minimum atomic E-state index is -0.473. The SMILES string of the molecule is CC1=C(C(=O)N2CCCCC2)C(c2ccccc2)C(C#N)=C(N)O1. The van der Waals surface area contributed by atoms with E-state index in [0.29, 0.717) is 16.9 Å². The number of nitrogens with zero attached hydrogens (tertiary/aromatic N) is 2. The standard InChI is InChI=1S/C19H21N3O2/c1-13-16(19(23)22-10-6-3-7-11-22)17(14-8-4-2-5-9-14)15(12-20)18(21)24-13/h2,4-5,8-9,17H,3,6-7,10-11,21H2,1H3. The van der Waals surface area contributed by atoms with Crippen LogP contribution in [0.1, 0.15) is 37.7 Å². The Kier molecular flexibility index (Phi) is 4.57. The van der Waals surface area contributed by atoms with E-state index in [2.05, 4.69) is 6.07 Å². The van der Waals surface area contributed by atoms with Crippen LogP contribution in [0.4, 0.5) is 0 Å². The highest BCUT2D eigenvalue weighted by Gasteiger charge is 2.37. The Labute approximate surface area is 142 Å². The number of benzene rings is 1. The third kappa shape index (κ3) is 2.88. The summed E-state index contributed by atoms with van der Waals surface area (Å²) >= 11 is 0. The number of carbonyl (C=O) groups excluding carboxylic acids is 1. The molecule has 1 amide bonds. The summed E-state index contributed by atoms with van der Waals surface area (Å²) in [5.74, 6) is 0.0376. The highest BCUT2D eigenvalue weighted by molar-refractivity contribution is 5.97. The smallest absolute Gasteiger partial charge is 0.254 e. The van der Waals surface area contributed by atoms with E-state index in [9.17, 15) is 10.1 Å². The second kappa shape index (κ2) is 6.79. The number of hydrogen-bond donors (Lipinski definition) is 1. The molecule has 24 heavy (non-hydrogen) atoms. The van der Waals surface area contributed by atoms with E-state index in [0.717, 1.165) is 37.9 Å². The maximum absolute atomic E-state index is 13.1. The van der Waals surface area contributed by atoms with E-state index in [4.69, 9.17) is 10.5 Å². The zero-order chi connectivity index (χ0) is 17.1. The van der Waals surface area contributed by atoms with Gasteiger partial charge in [-0.15, -0.1) is 0 Å². The zero-order valence-corrected chi connectivity index (χ0v) is 13.8. The van der Waals surface area contributed by atoms with Crippen molar-refractivity contribution >= 4 is 5.91 Å². The van der Waals surface area contributed by atoms with Crippen LogP contribution >= 0.6 is 0 Å². The second-order valence-electron chi connectivity index (χ2n) is 6.16. The molecule has 1 saturated heterocycles. The van der Waals surface area contributed by atoms with Crippen LogP contribution in [0, 0.1) is 11.3 Å². The van der Waals surface area contributed by atoms with Gasteiger partial charge in [0.1, 0.15) is 17.4 Å². The Morgan fingerprint density at radius 3 is 2.54 bits per heavy atom. The molecule has 1 unspecified atom stereocenters. The maximum Gasteiger partial charge on any atom is 0.254 e. The van der Waals surface area contributed by atoms with Gasteiger partial charge < -0.3 is 15.4 Å². The highest BCUT2D eigenvalue weighted by atomic mass is 16.5. The van der Waals surface area contributed by atoms with Crippen LogP contribution in [0.2, 0.25) is 0 Å². The van der Waals surface area contributed by atoms with E-state index >= 15 is 0 Å². The van der Waals surface area contributed by atoms with E-state index in [1.54, 1.807) is 6.92 Å². The molecule has 0 bridgehead atoms. The first-order valence-corrected chi connectivity index (χ1v) is 8.26. The number of allylic oxidation sites excluding steroid dienone is 2. The van der Waals surface area contributed by atoms with E-state index < -0.39 is 5.92 Å². The molecule has 2 N–H and O–H groups in total. The van der Waals surface area contributed by atoms with Gasteiger partial charge in [-0.2, -0.15) is 5.26 Å². The first-order valence-electron chi connectivity index (χ1n) is 8.26. The predicted molar refractivity (Wildman–Crippen MR) is 90.2 cm³/mol. The van der Waals surface area contributed by atoms with Crippen molar-refractivity contribution in [3.8, 4) is 6.07 Å². The van der Waals surface area contributed by atoms with E-state index in [1.165, 1.54) is 0 Å². The third-order valence-corrected chi connectivity index (χ3v) is 4.61. The van der Waals surface area contributed by atoms with Gasteiger partial charge in [0.2, 0.25) is 5.88 Å². The molecule has 3 rings (SSSR count). The molecule has 1 aromatic rings. The van der Waals surface area contributed by atoms with Crippen LogP contribution in [-0.4, -0.2) is 23.9 Å². The molecule has 1 atom stereocenters. The van der Waals surface area contributed by atoms with Crippen LogP contribution in [0.3, 0.4) is 0 Å². The van der Waals surface area contributed by atoms with Gasteiger partial charge >= 0.3 is 0 Å². The molecule has 2 aliphatic heterocycles. The number of rotatable bonds is 2. The topological polar surface area (TPSA) is 79.4 Å². The third-order valence-electron chi connectivity index (χ3n) is 4.61. The Morgan fingerprint density at radius 2 is 1.92 bits per heavy atom. The van der Waals surface area contributed by atoms with Crippen LogP contribution in [0.15, 0.2) is 53.1 Å². The molecular weight excluding hydrogens is 302 g/mol. The number of nitriles is 1. The zero-order valence-electron chi connectivity index (χ0n) is 13.8. The average Bonchev–Trinajstić information content (AvgIpc) is 2.62. The predicted octanol–water partition coefficient (Wildman–Crippen LogP) is 2.78. The number of ether oxygens (including phenoxy) is 1. The molecule has 2 aliphatic rings. The lowest BCUT2D eigenvalue weighted by Gasteiger charge is -2.33. The molecular formula is C19H21N3O2. The molecule has 5 heteroatoms. The Bertz CT molecular complexity index is 738. The molecule has 0 radical (unpaired) electrons. The van der Waals surface area contributed by atoms with E-state index in [1.807, 2.05) is 35.2 Å². The molecule has 0 spiro atoms. The maximum atomic E-state index is 13.1. The largest absolute Gasteiger partial charge is 0.445 e. The van der Waals surface area contributed by atoms with Crippen molar-refractivity contribution in [2.45, 2.75) is 32.1 Å². The van der Waals surface area contributed by atoms with Crippen molar-refractivity contribution < 1.29 is 9.53 Å². The van der Waals surface area contributed by atoms with Gasteiger partial charge in [-0.1, -0.05) is 30.3 Å². The number of nitrogens with two attached hydrogens (primary N) is 1. The second-order valence-corrected chi connectivity index (χ2v) is 6.16. The lowest BCUT2D eigenvalue weighted by atomic mass is 9.82. The summed E-state index contributed by atoms with van der Waals surface area (Å²) in [5.41, 5.74) is 7.62. The van der Waals surface area contributed by atoms with Crippen molar-refractivity contribution in [2.75, 3.05) is 13.1 Å². The summed E-state index contributed by atoms with van der Waals surface area (Å²) < 4.78 is 5.53. The lowest BCUT2D eigenvalue weighted by Crippen LogP contribution is -2.39. The number of hydrogen-bond acceptors (Lipinski definition) is 4. The molecule has 124 valence electrons. The normalized spacial score (nSPS) is 21.3. The van der Waals surface area contributed by atoms with Gasteiger partial charge in [-0.05, 0) is 31.7 Å². The number of carbonyl (C=O) groups is 1. The molecule has 0 aromatic heterocycles. The van der Waals surface area contributed by atoms with Gasteiger partial charge in [-0.3, -0.25) is 4.79 Å². The van der Waals surface area contributed by atoms with E-state index in [-0.39, 0.29) is 11.8 Å². The Morgan fingerprint density at radius 1 is 1.25 bits per heavy atom. The first kappa shape index (κ1) is 16.1. The van der Waals surface area contributed by atoms with Crippen molar-refractivity contribution in [3.05, 3.63) is 58.7 Å². The lowest BCUT2D eigenvalue weighted by molar-refractivity contribution is -0.128. The molecule has 1 aromatic carbocycles. The summed E-state index contributed by atoms with van der Waals surface area (Å²) in [6.07, 6.45) is 3.17. The minimum absolute atomic E-state index is 0.0543. The highest BCUT2D eigenvalue weighted by Crippen LogP contribution is 2.39. The first-order chi connectivity index (χ1) is 11.6. The summed E-state index contributed by atoms with van der Waals surface area (Å²) in [5, 5.41) is 9.57. The van der Waals surface area contributed by atoms with Crippen molar-refractivity contribution in [1.29, 1.82) is 5.26 Å². The quantitative estimate of drug-likeness (QED) is 0.907. The molecule has 5 nitrogen and oxygen atoms in total. The monoisotopic (exact) mass is 323 g/mol. The summed E-state index contributed by atoms with van der Waals surface area (Å²) in [6, 6.07) is 11.7. The molecule has 2 heterocycles. The Hall–Kier alpha value is -2.74. The minimum Gasteiger partial charge on any atom is -0.445 e. The summed E-state index contributed by atoms with van der Waals surface area (Å²) in [4.78, 5) is 15.0. The fraction of sp³-hybridized carbons (Fsp3) is 0.368. The van der Waals surface area contributed by atoms with Crippen LogP contribution < -0.4 is 5.73 Å². The van der Waals surface area contributed by atoms with Gasteiger partial charge in [-0.25, -0.2) is 0 Å². The summed E-state index contributed by atoms with van der Waals surface area (Å²) in [6.45, 7) is 3.24. The van der Waals surface area contributed by atoms with Crippen LogP contribution in [0.25, 0.3) is 0 Å². The molecule has 0 saturated carbocycles. The van der Waals surface area contributed by atoms with Crippen LogP contribution in [0.5, 0.6) is 0 Å². The number of likely N-dealkylation sites (tertiary alicyclic amines) is 1. The fourth-order valence-electron chi connectivity index (χ4n) is 3.40. The fourth-order valence-corrected chi connectivity index (χ4v) is 3.40. The number of piperidine rings is 1.